The Morgan fingerprint density at radius 2 is 1.00 bits per heavy atom. The zero-order chi connectivity index (χ0) is 35.5. The molecule has 3 aromatic heterocycles. The molecule has 0 aliphatic heterocycles. The van der Waals surface area contributed by atoms with Crippen molar-refractivity contribution in [2.75, 3.05) is 0 Å². The second-order valence-corrected chi connectivity index (χ2v) is 13.1. The summed E-state index contributed by atoms with van der Waals surface area (Å²) in [5, 5.41) is 0. The van der Waals surface area contributed by atoms with E-state index in [9.17, 15) is 18.4 Å². The molecule has 0 fully saturated rings. The van der Waals surface area contributed by atoms with Crippen molar-refractivity contribution in [1.29, 1.82) is 0 Å². The molecule has 7 aromatic rings. The van der Waals surface area contributed by atoms with Crippen molar-refractivity contribution < 1.29 is 18.4 Å². The first-order chi connectivity index (χ1) is 24.7. The minimum absolute atomic E-state index is 0. The van der Waals surface area contributed by atoms with Gasteiger partial charge in [-0.05, 0) is 84.6 Å². The molecule has 2 amide bonds. The zero-order valence-electron chi connectivity index (χ0n) is 28.2. The fourth-order valence-corrected chi connectivity index (χ4v) is 7.07. The van der Waals surface area contributed by atoms with Crippen molar-refractivity contribution in [3.63, 3.8) is 0 Å². The van der Waals surface area contributed by atoms with E-state index in [-0.39, 0.29) is 48.9 Å². The number of carbonyl (C=O) groups excluding carboxylic acids is 2. The summed E-state index contributed by atoms with van der Waals surface area (Å²) in [7, 11) is 0. The molecule has 0 bridgehead atoms. The Morgan fingerprint density at radius 3 is 1.40 bits per heavy atom. The van der Waals surface area contributed by atoms with E-state index in [2.05, 4.69) is 21.7 Å². The summed E-state index contributed by atoms with van der Waals surface area (Å²) >= 11 is 1.11. The third-order valence-corrected chi connectivity index (χ3v) is 10.1. The van der Waals surface area contributed by atoms with Gasteiger partial charge in [-0.1, -0.05) is 48.5 Å². The largest absolute Gasteiger partial charge is 0.322 e. The molecule has 4 N–H and O–H groups in total. The van der Waals surface area contributed by atoms with Crippen LogP contribution in [0, 0.1) is 25.5 Å². The number of thiophene rings is 1. The van der Waals surface area contributed by atoms with E-state index in [1.165, 1.54) is 24.3 Å². The number of benzene rings is 4. The number of rotatable bonds is 12. The van der Waals surface area contributed by atoms with E-state index < -0.39 is 0 Å². The van der Waals surface area contributed by atoms with Crippen LogP contribution in [0.4, 0.5) is 8.78 Å². The number of carbonyl (C=O) groups is 2. The molecule has 10 nitrogen and oxygen atoms in total. The fourth-order valence-electron chi connectivity index (χ4n) is 5.97. The minimum Gasteiger partial charge on any atom is -0.322 e. The number of hydrogen-bond acceptors (Lipinski definition) is 7. The van der Waals surface area contributed by atoms with E-state index in [4.69, 9.17) is 9.97 Å². The van der Waals surface area contributed by atoms with E-state index in [0.29, 0.717) is 45.6 Å². The molecule has 3 heterocycles. The standard InChI is InChI=1S/C38H34F2N8O2S.ClH/c1-23-24(2)36(38(50)46-42-20-34-44-30-8-4-6-10-32(30)48(34)22-26-13-17-28(40)18-14-26)51-35(23)37(49)45-41-19-33-43-29-7-3-5-9-31(29)47(33)21-25-11-15-27(39)16-12-25;/h3-18,41-42H,19-22H2,1-2H3,(H,45,49)(H,46,50);1H. The zero-order valence-corrected chi connectivity index (χ0v) is 29.9. The van der Waals surface area contributed by atoms with Crippen LogP contribution in [0.1, 0.15) is 53.2 Å². The summed E-state index contributed by atoms with van der Waals surface area (Å²) in [4.78, 5) is 36.9. The lowest BCUT2D eigenvalue weighted by atomic mass is 10.1. The predicted octanol–water partition coefficient (Wildman–Crippen LogP) is 6.73. The molecule has 52 heavy (non-hydrogen) atoms. The Bertz CT molecular complexity index is 2210. The van der Waals surface area contributed by atoms with Gasteiger partial charge in [0.15, 0.2) is 0 Å². The highest BCUT2D eigenvalue weighted by atomic mass is 35.5. The lowest BCUT2D eigenvalue weighted by Crippen LogP contribution is -2.37. The van der Waals surface area contributed by atoms with Gasteiger partial charge < -0.3 is 9.13 Å². The summed E-state index contributed by atoms with van der Waals surface area (Å²) in [6, 6.07) is 28.1. The third-order valence-electron chi connectivity index (χ3n) is 8.73. The molecule has 0 atom stereocenters. The van der Waals surface area contributed by atoms with E-state index in [1.807, 2.05) is 71.5 Å². The molecule has 0 spiro atoms. The Morgan fingerprint density at radius 1 is 0.615 bits per heavy atom. The van der Waals surface area contributed by atoms with Crippen LogP contribution in [0.15, 0.2) is 97.1 Å². The molecule has 0 saturated carbocycles. The monoisotopic (exact) mass is 740 g/mol. The number of nitrogens with zero attached hydrogens (tertiary/aromatic N) is 4. The summed E-state index contributed by atoms with van der Waals surface area (Å²) < 4.78 is 31.1. The van der Waals surface area contributed by atoms with Crippen molar-refractivity contribution in [3.8, 4) is 0 Å². The van der Waals surface area contributed by atoms with Crippen LogP contribution in [-0.2, 0) is 26.2 Å². The second-order valence-electron chi connectivity index (χ2n) is 12.1. The molecule has 14 heteroatoms. The molecular formula is C38H35ClF2N8O2S. The summed E-state index contributed by atoms with van der Waals surface area (Å²) in [5.74, 6) is 0.0409. The SMILES string of the molecule is Cc1c(C(=O)NNCc2nc3ccccc3n2Cc2ccc(F)cc2)sc(C(=O)NNCc2nc3ccccc3n2Cc2ccc(F)cc2)c1C.Cl. The normalized spacial score (nSPS) is 11.2. The molecule has 4 aromatic carbocycles. The van der Waals surface area contributed by atoms with Crippen LogP contribution in [0.3, 0.4) is 0 Å². The van der Waals surface area contributed by atoms with Crippen molar-refractivity contribution in [2.45, 2.75) is 40.0 Å². The Balaban J connectivity index is 0.00000464. The van der Waals surface area contributed by atoms with E-state index >= 15 is 0 Å². The number of aromatic nitrogens is 4. The maximum Gasteiger partial charge on any atom is 0.275 e. The number of imidazole rings is 2. The first kappa shape index (κ1) is 36.3. The Labute approximate surface area is 308 Å². The fraction of sp³-hybridized carbons (Fsp3) is 0.158. The van der Waals surface area contributed by atoms with Gasteiger partial charge in [0.25, 0.3) is 11.8 Å². The molecular weight excluding hydrogens is 706 g/mol. The van der Waals surface area contributed by atoms with Crippen LogP contribution >= 0.6 is 23.7 Å². The van der Waals surface area contributed by atoms with Crippen molar-refractivity contribution in [3.05, 3.63) is 152 Å². The molecule has 0 saturated heterocycles. The van der Waals surface area contributed by atoms with E-state index in [1.54, 1.807) is 24.3 Å². The first-order valence-electron chi connectivity index (χ1n) is 16.3. The average Bonchev–Trinajstić information content (AvgIpc) is 3.77. The van der Waals surface area contributed by atoms with Gasteiger partial charge >= 0.3 is 0 Å². The minimum atomic E-state index is -0.372. The summed E-state index contributed by atoms with van der Waals surface area (Å²) in [6.45, 7) is 5.04. The number of nitrogens with one attached hydrogen (secondary N) is 4. The lowest BCUT2D eigenvalue weighted by Gasteiger charge is -2.11. The maximum atomic E-state index is 13.5. The van der Waals surface area contributed by atoms with Gasteiger partial charge in [0.05, 0.1) is 44.9 Å². The number of hydrogen-bond donors (Lipinski definition) is 4. The number of para-hydroxylation sites is 4. The maximum absolute atomic E-state index is 13.5. The highest BCUT2D eigenvalue weighted by Gasteiger charge is 2.22. The summed E-state index contributed by atoms with van der Waals surface area (Å²) in [6.07, 6.45) is 0. The molecule has 0 aliphatic rings. The highest BCUT2D eigenvalue weighted by Crippen LogP contribution is 2.27. The topological polar surface area (TPSA) is 118 Å². The van der Waals surface area contributed by atoms with Crippen LogP contribution < -0.4 is 21.7 Å². The third kappa shape index (κ3) is 7.72. The first-order valence-corrected chi connectivity index (χ1v) is 17.1. The van der Waals surface area contributed by atoms with Gasteiger partial charge in [0, 0.05) is 13.1 Å². The molecule has 7 rings (SSSR count). The Kier molecular flexibility index (Phi) is 11.1. The van der Waals surface area contributed by atoms with Crippen molar-refractivity contribution in [2.24, 2.45) is 0 Å². The quantitative estimate of drug-likeness (QED) is 0.103. The van der Waals surface area contributed by atoms with Gasteiger partial charge in [0.2, 0.25) is 0 Å². The van der Waals surface area contributed by atoms with Gasteiger partial charge in [-0.15, -0.1) is 23.7 Å². The average molecular weight is 741 g/mol. The molecule has 0 radical (unpaired) electrons. The van der Waals surface area contributed by atoms with Gasteiger partial charge in [-0.3, -0.25) is 20.4 Å². The lowest BCUT2D eigenvalue weighted by molar-refractivity contribution is 0.0928. The smallest absolute Gasteiger partial charge is 0.275 e. The summed E-state index contributed by atoms with van der Waals surface area (Å²) in [5.41, 5.74) is 18.2. The van der Waals surface area contributed by atoms with Crippen LogP contribution in [0.25, 0.3) is 22.1 Å². The number of hydrazine groups is 2. The number of halogens is 3. The number of amides is 2. The van der Waals surface area contributed by atoms with Gasteiger partial charge in [-0.25, -0.2) is 29.6 Å². The van der Waals surface area contributed by atoms with Crippen LogP contribution in [0.2, 0.25) is 0 Å². The number of fused-ring (bicyclic) bond motifs is 2. The predicted molar refractivity (Wildman–Crippen MR) is 200 cm³/mol. The van der Waals surface area contributed by atoms with Crippen LogP contribution in [0.5, 0.6) is 0 Å². The van der Waals surface area contributed by atoms with Gasteiger partial charge in [-0.2, -0.15) is 0 Å². The van der Waals surface area contributed by atoms with Crippen molar-refractivity contribution in [1.82, 2.24) is 40.8 Å². The second kappa shape index (κ2) is 15.8. The molecule has 266 valence electrons. The molecule has 0 aliphatic carbocycles. The van der Waals surface area contributed by atoms with Crippen molar-refractivity contribution >= 4 is 57.6 Å². The highest BCUT2D eigenvalue weighted by molar-refractivity contribution is 7.16. The Hall–Kier alpha value is -5.47. The van der Waals surface area contributed by atoms with E-state index in [0.717, 1.165) is 44.5 Å². The van der Waals surface area contributed by atoms with Gasteiger partial charge in [0.1, 0.15) is 23.3 Å². The molecule has 0 unspecified atom stereocenters. The van der Waals surface area contributed by atoms with Crippen LogP contribution in [-0.4, -0.2) is 30.9 Å².